The number of hydrogen-bond donors (Lipinski definition) is 2. The minimum atomic E-state index is 0.700. The summed E-state index contributed by atoms with van der Waals surface area (Å²) in [6, 6.07) is 0. The van der Waals surface area contributed by atoms with Crippen molar-refractivity contribution in [3.63, 3.8) is 0 Å². The zero-order valence-electron chi connectivity index (χ0n) is 8.70. The Bertz CT molecular complexity index is 350. The summed E-state index contributed by atoms with van der Waals surface area (Å²) in [6.07, 6.45) is 3.25. The normalized spacial score (nSPS) is 11.5. The lowest BCUT2D eigenvalue weighted by atomic mass is 10.4. The first-order valence-corrected chi connectivity index (χ1v) is 4.30. The lowest BCUT2D eigenvalue weighted by Gasteiger charge is -2.08. The number of nitrogens with zero attached hydrogens (tertiary/aromatic N) is 3. The van der Waals surface area contributed by atoms with E-state index in [-0.39, 0.29) is 0 Å². The summed E-state index contributed by atoms with van der Waals surface area (Å²) in [6.45, 7) is 5.50. The summed E-state index contributed by atoms with van der Waals surface area (Å²) in [4.78, 5) is 8.29. The molecule has 0 spiro atoms. The van der Waals surface area contributed by atoms with Gasteiger partial charge in [-0.1, -0.05) is 6.58 Å². The van der Waals surface area contributed by atoms with Crippen LogP contribution >= 0.6 is 0 Å². The van der Waals surface area contributed by atoms with Crippen LogP contribution in [-0.2, 0) is 7.05 Å². The third-order valence-electron chi connectivity index (χ3n) is 1.93. The zero-order valence-corrected chi connectivity index (χ0v) is 8.70. The van der Waals surface area contributed by atoms with Crippen molar-refractivity contribution in [3.05, 3.63) is 30.5 Å². The van der Waals surface area contributed by atoms with Gasteiger partial charge in [0.15, 0.2) is 5.84 Å². The first-order chi connectivity index (χ1) is 6.70. The van der Waals surface area contributed by atoms with E-state index in [1.165, 1.54) is 6.20 Å². The highest BCUT2D eigenvalue weighted by Gasteiger charge is 2.08. The van der Waals surface area contributed by atoms with E-state index in [4.69, 9.17) is 0 Å². The molecule has 1 aromatic heterocycles. The van der Waals surface area contributed by atoms with Gasteiger partial charge in [0.25, 0.3) is 0 Å². The quantitative estimate of drug-likeness (QED) is 0.413. The van der Waals surface area contributed by atoms with Gasteiger partial charge in [-0.2, -0.15) is 0 Å². The van der Waals surface area contributed by atoms with Crippen molar-refractivity contribution in [3.8, 4) is 0 Å². The van der Waals surface area contributed by atoms with Crippen LogP contribution < -0.4 is 10.9 Å². The van der Waals surface area contributed by atoms with Crippen LogP contribution in [0.25, 0.3) is 0 Å². The Morgan fingerprint density at radius 1 is 1.71 bits per heavy atom. The molecule has 2 N–H and O–H groups in total. The van der Waals surface area contributed by atoms with Crippen LogP contribution in [0.15, 0.2) is 24.0 Å². The highest BCUT2D eigenvalue weighted by atomic mass is 15.4. The second-order valence-corrected chi connectivity index (χ2v) is 2.78. The fraction of sp³-hybridized carbons (Fsp3) is 0.333. The Morgan fingerprint density at radius 2 is 2.43 bits per heavy atom. The molecule has 0 aliphatic heterocycles. The van der Waals surface area contributed by atoms with Gasteiger partial charge < -0.3 is 9.99 Å². The number of hydrogen-bond acceptors (Lipinski definition) is 3. The van der Waals surface area contributed by atoms with Crippen molar-refractivity contribution >= 4 is 5.84 Å². The summed E-state index contributed by atoms with van der Waals surface area (Å²) in [5.41, 5.74) is 6.65. The second kappa shape index (κ2) is 4.57. The van der Waals surface area contributed by atoms with Gasteiger partial charge in [0.2, 0.25) is 0 Å². The van der Waals surface area contributed by atoms with E-state index in [1.807, 2.05) is 18.5 Å². The largest absolute Gasteiger partial charge is 0.329 e. The van der Waals surface area contributed by atoms with E-state index >= 15 is 0 Å². The molecule has 14 heavy (non-hydrogen) atoms. The fourth-order valence-corrected chi connectivity index (χ4v) is 1.09. The van der Waals surface area contributed by atoms with Gasteiger partial charge >= 0.3 is 0 Å². The average molecular weight is 193 g/mol. The molecule has 0 aliphatic carbocycles. The highest BCUT2D eigenvalue weighted by molar-refractivity contribution is 5.97. The van der Waals surface area contributed by atoms with Crippen molar-refractivity contribution in [2.45, 2.75) is 6.92 Å². The number of nitrogens with one attached hydrogen (secondary N) is 2. The van der Waals surface area contributed by atoms with Crippen LogP contribution in [-0.4, -0.2) is 22.4 Å². The predicted molar refractivity (Wildman–Crippen MR) is 56.9 cm³/mol. The molecule has 5 heteroatoms. The van der Waals surface area contributed by atoms with Crippen molar-refractivity contribution in [2.24, 2.45) is 12.0 Å². The van der Waals surface area contributed by atoms with Crippen molar-refractivity contribution in [2.75, 3.05) is 7.05 Å². The summed E-state index contributed by atoms with van der Waals surface area (Å²) < 4.78 is 1.95. The molecule has 0 atom stereocenters. The molecule has 0 aromatic carbocycles. The average Bonchev–Trinajstić information content (AvgIpc) is 2.48. The number of aliphatic imine (C=N–C) groups is 1. The third-order valence-corrected chi connectivity index (χ3v) is 1.93. The zero-order chi connectivity index (χ0) is 10.6. The van der Waals surface area contributed by atoms with Crippen LogP contribution in [0.1, 0.15) is 11.5 Å². The molecule has 0 aliphatic rings. The van der Waals surface area contributed by atoms with E-state index in [1.54, 1.807) is 13.2 Å². The molecule has 0 saturated carbocycles. The van der Waals surface area contributed by atoms with Crippen LogP contribution in [0.5, 0.6) is 0 Å². The maximum absolute atomic E-state index is 4.18. The number of rotatable bonds is 3. The molecule has 0 radical (unpaired) electrons. The van der Waals surface area contributed by atoms with Gasteiger partial charge in [0.1, 0.15) is 11.5 Å². The van der Waals surface area contributed by atoms with Crippen molar-refractivity contribution in [1.29, 1.82) is 0 Å². The maximum Gasteiger partial charge on any atom is 0.165 e. The van der Waals surface area contributed by atoms with E-state index in [0.717, 1.165) is 11.5 Å². The van der Waals surface area contributed by atoms with Gasteiger partial charge in [0.05, 0.1) is 6.20 Å². The van der Waals surface area contributed by atoms with Crippen molar-refractivity contribution in [1.82, 2.24) is 20.4 Å². The maximum atomic E-state index is 4.18. The fourth-order valence-electron chi connectivity index (χ4n) is 1.09. The van der Waals surface area contributed by atoms with Gasteiger partial charge in [-0.15, -0.1) is 0 Å². The lowest BCUT2D eigenvalue weighted by molar-refractivity contribution is 0.755. The molecule has 0 bridgehead atoms. The molecule has 76 valence electrons. The molecule has 0 saturated heterocycles. The van der Waals surface area contributed by atoms with Gasteiger partial charge in [0, 0.05) is 20.3 Å². The first kappa shape index (κ1) is 10.5. The summed E-state index contributed by atoms with van der Waals surface area (Å²) >= 11 is 0. The molecule has 5 nitrogen and oxygen atoms in total. The SMILES string of the molecule is C=CN=C(NNC)c1cnc(C)n1C. The first-order valence-electron chi connectivity index (χ1n) is 4.30. The molecule has 1 heterocycles. The Kier molecular flexibility index (Phi) is 3.41. The van der Waals surface area contributed by atoms with E-state index in [9.17, 15) is 0 Å². The van der Waals surface area contributed by atoms with Gasteiger partial charge in [-0.3, -0.25) is 0 Å². The van der Waals surface area contributed by atoms with Crippen LogP contribution in [0.4, 0.5) is 0 Å². The van der Waals surface area contributed by atoms with Gasteiger partial charge in [-0.05, 0) is 6.92 Å². The Morgan fingerprint density at radius 3 is 2.86 bits per heavy atom. The minimum absolute atomic E-state index is 0.700. The Labute approximate surface area is 83.5 Å². The molecule has 1 rings (SSSR count). The predicted octanol–water partition coefficient (Wildman–Crippen LogP) is 0.343. The van der Waals surface area contributed by atoms with E-state index in [2.05, 4.69) is 27.4 Å². The molecule has 0 fully saturated rings. The molecular formula is C9H15N5. The molecular weight excluding hydrogens is 178 g/mol. The third kappa shape index (κ3) is 2.00. The highest BCUT2D eigenvalue weighted by Crippen LogP contribution is 2.02. The Hall–Kier alpha value is -1.62. The van der Waals surface area contributed by atoms with Crippen LogP contribution in [0.2, 0.25) is 0 Å². The summed E-state index contributed by atoms with van der Waals surface area (Å²) in [5.74, 6) is 1.64. The Balaban J connectivity index is 3.05. The van der Waals surface area contributed by atoms with Crippen molar-refractivity contribution < 1.29 is 0 Å². The monoisotopic (exact) mass is 193 g/mol. The number of aromatic nitrogens is 2. The summed E-state index contributed by atoms with van der Waals surface area (Å²) in [5, 5.41) is 0. The van der Waals surface area contributed by atoms with Crippen LogP contribution in [0.3, 0.4) is 0 Å². The summed E-state index contributed by atoms with van der Waals surface area (Å²) in [7, 11) is 3.72. The van der Waals surface area contributed by atoms with E-state index < -0.39 is 0 Å². The minimum Gasteiger partial charge on any atom is -0.329 e. The molecule has 0 amide bonds. The standard InChI is InChI=1S/C9H15N5/c1-5-11-9(13-10-3)8-6-12-7(2)14(8)4/h5-6,10H,1H2,2-4H3,(H,11,13). The smallest absolute Gasteiger partial charge is 0.165 e. The van der Waals surface area contributed by atoms with Gasteiger partial charge in [-0.25, -0.2) is 15.4 Å². The molecule has 0 unspecified atom stereocenters. The van der Waals surface area contributed by atoms with E-state index in [0.29, 0.717) is 5.84 Å². The lowest BCUT2D eigenvalue weighted by Crippen LogP contribution is -2.35. The topological polar surface area (TPSA) is 54.2 Å². The second-order valence-electron chi connectivity index (χ2n) is 2.78. The number of imidazole rings is 1. The number of amidine groups is 1. The number of hydrazine groups is 1. The van der Waals surface area contributed by atoms with Crippen LogP contribution in [0, 0.1) is 6.92 Å². The molecule has 1 aromatic rings. The number of aryl methyl sites for hydroxylation is 1.